The van der Waals surface area contributed by atoms with Crippen molar-refractivity contribution in [1.82, 2.24) is 9.78 Å². The lowest BCUT2D eigenvalue weighted by molar-refractivity contribution is 0.571. The van der Waals surface area contributed by atoms with E-state index in [1.165, 1.54) is 12.1 Å². The number of nitrogens with zero attached hydrogens (tertiary/aromatic N) is 2. The van der Waals surface area contributed by atoms with Gasteiger partial charge in [0.1, 0.15) is 0 Å². The van der Waals surface area contributed by atoms with Crippen molar-refractivity contribution in [3.63, 3.8) is 0 Å². The number of rotatable bonds is 4. The van der Waals surface area contributed by atoms with Gasteiger partial charge in [0, 0.05) is 30.2 Å². The third-order valence-corrected chi connectivity index (χ3v) is 3.08. The summed E-state index contributed by atoms with van der Waals surface area (Å²) in [5.41, 5.74) is 1.38. The second-order valence-corrected chi connectivity index (χ2v) is 4.04. The van der Waals surface area contributed by atoms with Crippen molar-refractivity contribution < 1.29 is 0 Å². The molecule has 1 saturated carbocycles. The minimum Gasteiger partial charge on any atom is -0.269 e. The van der Waals surface area contributed by atoms with Crippen LogP contribution in [0.4, 0.5) is 0 Å². The summed E-state index contributed by atoms with van der Waals surface area (Å²) < 4.78 is 2.12. The summed E-state index contributed by atoms with van der Waals surface area (Å²) in [5.74, 6) is 2.18. The zero-order valence-electron chi connectivity index (χ0n) is 7.91. The first-order valence-electron chi connectivity index (χ1n) is 4.94. The highest BCUT2D eigenvalue weighted by atomic mass is 35.5. The van der Waals surface area contributed by atoms with E-state index < -0.39 is 0 Å². The Morgan fingerprint density at radius 2 is 2.54 bits per heavy atom. The Balaban J connectivity index is 2.07. The maximum absolute atomic E-state index is 5.81. The molecule has 1 fully saturated rings. The van der Waals surface area contributed by atoms with Gasteiger partial charge in [-0.15, -0.1) is 11.6 Å². The molecule has 2 unspecified atom stereocenters. The SMILES string of the molecule is CCCn1nccc1C1CC1CCl. The Hall–Kier alpha value is -0.500. The fourth-order valence-corrected chi connectivity index (χ4v) is 2.18. The molecule has 0 amide bonds. The molecule has 0 bridgehead atoms. The minimum absolute atomic E-state index is 0.687. The standard InChI is InChI=1S/C10H15ClN2/c1-2-5-13-10(3-4-12-13)9-6-8(9)7-11/h3-4,8-9H,2,5-7H2,1H3. The average Bonchev–Trinajstić information content (AvgIpc) is 2.79. The lowest BCUT2D eigenvalue weighted by atomic mass is 10.2. The van der Waals surface area contributed by atoms with Gasteiger partial charge in [0.25, 0.3) is 0 Å². The van der Waals surface area contributed by atoms with Crippen molar-refractivity contribution in [3.05, 3.63) is 18.0 Å². The van der Waals surface area contributed by atoms with Crippen LogP contribution in [0.5, 0.6) is 0 Å². The molecule has 0 spiro atoms. The van der Waals surface area contributed by atoms with Crippen molar-refractivity contribution in [2.75, 3.05) is 5.88 Å². The molecule has 0 aliphatic heterocycles. The Labute approximate surface area is 83.9 Å². The van der Waals surface area contributed by atoms with Gasteiger partial charge in [-0.2, -0.15) is 5.10 Å². The van der Waals surface area contributed by atoms with Gasteiger partial charge in [-0.3, -0.25) is 4.68 Å². The maximum atomic E-state index is 5.81. The second kappa shape index (κ2) is 3.70. The van der Waals surface area contributed by atoms with Gasteiger partial charge < -0.3 is 0 Å². The van der Waals surface area contributed by atoms with E-state index in [2.05, 4.69) is 22.8 Å². The molecule has 0 saturated heterocycles. The molecular formula is C10H15ClN2. The summed E-state index contributed by atoms with van der Waals surface area (Å²) in [6, 6.07) is 2.13. The zero-order chi connectivity index (χ0) is 9.26. The summed E-state index contributed by atoms with van der Waals surface area (Å²) in [4.78, 5) is 0. The molecule has 1 aliphatic rings. The monoisotopic (exact) mass is 198 g/mol. The number of hydrogen-bond donors (Lipinski definition) is 0. The predicted octanol–water partition coefficient (Wildman–Crippen LogP) is 2.64. The highest BCUT2D eigenvalue weighted by Gasteiger charge is 2.39. The fraction of sp³-hybridized carbons (Fsp3) is 0.700. The average molecular weight is 199 g/mol. The van der Waals surface area contributed by atoms with Gasteiger partial charge in [0.15, 0.2) is 0 Å². The van der Waals surface area contributed by atoms with Crippen LogP contribution in [0.3, 0.4) is 0 Å². The van der Waals surface area contributed by atoms with Crippen LogP contribution in [0.2, 0.25) is 0 Å². The van der Waals surface area contributed by atoms with Gasteiger partial charge in [-0.25, -0.2) is 0 Å². The fourth-order valence-electron chi connectivity index (χ4n) is 1.84. The van der Waals surface area contributed by atoms with Crippen LogP contribution in [0, 0.1) is 5.92 Å². The Morgan fingerprint density at radius 1 is 1.69 bits per heavy atom. The largest absolute Gasteiger partial charge is 0.269 e. The quantitative estimate of drug-likeness (QED) is 0.681. The van der Waals surface area contributed by atoms with E-state index in [-0.39, 0.29) is 0 Å². The van der Waals surface area contributed by atoms with Crippen molar-refractivity contribution in [2.45, 2.75) is 32.2 Å². The van der Waals surface area contributed by atoms with Crippen LogP contribution >= 0.6 is 11.6 Å². The Kier molecular flexibility index (Phi) is 2.58. The first kappa shape index (κ1) is 9.07. The van der Waals surface area contributed by atoms with Crippen LogP contribution in [-0.2, 0) is 6.54 Å². The number of halogens is 1. The molecule has 0 aromatic carbocycles. The van der Waals surface area contributed by atoms with Crippen LogP contribution in [-0.4, -0.2) is 15.7 Å². The molecule has 72 valence electrons. The van der Waals surface area contributed by atoms with Gasteiger partial charge in [0.05, 0.1) is 0 Å². The lowest BCUT2D eigenvalue weighted by Gasteiger charge is -2.04. The number of hydrogen-bond acceptors (Lipinski definition) is 1. The highest BCUT2D eigenvalue weighted by molar-refractivity contribution is 6.18. The summed E-state index contributed by atoms with van der Waals surface area (Å²) in [5, 5.41) is 4.31. The van der Waals surface area contributed by atoms with Crippen molar-refractivity contribution >= 4 is 11.6 Å². The molecule has 2 nitrogen and oxygen atoms in total. The van der Waals surface area contributed by atoms with Gasteiger partial charge in [0.2, 0.25) is 0 Å². The molecule has 1 aliphatic carbocycles. The van der Waals surface area contributed by atoms with Crippen molar-refractivity contribution in [3.8, 4) is 0 Å². The minimum atomic E-state index is 0.687. The van der Waals surface area contributed by atoms with E-state index in [4.69, 9.17) is 11.6 Å². The molecule has 2 atom stereocenters. The molecule has 1 aromatic rings. The first-order valence-corrected chi connectivity index (χ1v) is 5.48. The van der Waals surface area contributed by atoms with E-state index in [1.807, 2.05) is 6.20 Å². The Morgan fingerprint density at radius 3 is 3.15 bits per heavy atom. The normalized spacial score (nSPS) is 26.3. The maximum Gasteiger partial charge on any atom is 0.0492 e. The second-order valence-electron chi connectivity index (χ2n) is 3.74. The van der Waals surface area contributed by atoms with Crippen LogP contribution < -0.4 is 0 Å². The van der Waals surface area contributed by atoms with Gasteiger partial charge in [-0.05, 0) is 24.8 Å². The first-order chi connectivity index (χ1) is 6.36. The van der Waals surface area contributed by atoms with Crippen LogP contribution in [0.25, 0.3) is 0 Å². The zero-order valence-corrected chi connectivity index (χ0v) is 8.67. The molecule has 1 aromatic heterocycles. The van der Waals surface area contributed by atoms with Gasteiger partial charge in [-0.1, -0.05) is 6.92 Å². The third-order valence-electron chi connectivity index (χ3n) is 2.69. The predicted molar refractivity (Wildman–Crippen MR) is 54.1 cm³/mol. The topological polar surface area (TPSA) is 17.8 Å². The number of aryl methyl sites for hydroxylation is 1. The van der Waals surface area contributed by atoms with Crippen LogP contribution in [0.15, 0.2) is 12.3 Å². The van der Waals surface area contributed by atoms with E-state index in [0.29, 0.717) is 11.8 Å². The molecule has 2 rings (SSSR count). The lowest BCUT2D eigenvalue weighted by Crippen LogP contribution is -2.03. The third kappa shape index (κ3) is 1.73. The highest BCUT2D eigenvalue weighted by Crippen LogP contribution is 2.47. The molecule has 1 heterocycles. The summed E-state index contributed by atoms with van der Waals surface area (Å²) in [6.45, 7) is 3.21. The van der Waals surface area contributed by atoms with Crippen LogP contribution in [0.1, 0.15) is 31.4 Å². The van der Waals surface area contributed by atoms with E-state index in [0.717, 1.165) is 18.8 Å². The van der Waals surface area contributed by atoms with Crippen molar-refractivity contribution in [2.24, 2.45) is 5.92 Å². The van der Waals surface area contributed by atoms with E-state index in [1.54, 1.807) is 0 Å². The molecule has 0 N–H and O–H groups in total. The summed E-state index contributed by atoms with van der Waals surface area (Å²) in [6.07, 6.45) is 4.29. The van der Waals surface area contributed by atoms with Crippen molar-refractivity contribution in [1.29, 1.82) is 0 Å². The van der Waals surface area contributed by atoms with E-state index >= 15 is 0 Å². The smallest absolute Gasteiger partial charge is 0.0492 e. The molecule has 0 radical (unpaired) electrons. The summed E-state index contributed by atoms with van der Waals surface area (Å²) in [7, 11) is 0. The molecule has 3 heteroatoms. The number of aromatic nitrogens is 2. The summed E-state index contributed by atoms with van der Waals surface area (Å²) >= 11 is 5.81. The number of alkyl halides is 1. The molecular weight excluding hydrogens is 184 g/mol. The van der Waals surface area contributed by atoms with E-state index in [9.17, 15) is 0 Å². The van der Waals surface area contributed by atoms with Gasteiger partial charge >= 0.3 is 0 Å². The molecule has 13 heavy (non-hydrogen) atoms. The Bertz CT molecular complexity index is 282.